The Balaban J connectivity index is 2.02. The fraction of sp³-hybridized carbons (Fsp3) is 0.400. The highest BCUT2D eigenvalue weighted by atomic mass is 19.1. The third kappa shape index (κ3) is 4.09. The summed E-state index contributed by atoms with van der Waals surface area (Å²) < 4.78 is 18.5. The molecule has 0 heterocycles. The Morgan fingerprint density at radius 3 is 2.36 bits per heavy atom. The van der Waals surface area contributed by atoms with Crippen molar-refractivity contribution in [3.63, 3.8) is 0 Å². The molecule has 1 atom stereocenters. The van der Waals surface area contributed by atoms with Gasteiger partial charge in [0.05, 0.1) is 7.11 Å². The van der Waals surface area contributed by atoms with Gasteiger partial charge in [0.1, 0.15) is 11.6 Å². The van der Waals surface area contributed by atoms with Crippen LogP contribution in [0.15, 0.2) is 48.5 Å². The van der Waals surface area contributed by atoms with Gasteiger partial charge in [-0.25, -0.2) is 4.39 Å². The van der Waals surface area contributed by atoms with Crippen LogP contribution in [0.4, 0.5) is 4.39 Å². The van der Waals surface area contributed by atoms with Crippen LogP contribution in [0.1, 0.15) is 50.7 Å². The SMILES string of the molecule is COc1ccc(C(C)(C)CCC(C)c2cccc(F)c2)cc1. The topological polar surface area (TPSA) is 9.23 Å². The second kappa shape index (κ2) is 6.95. The standard InChI is InChI=1S/C20H25FO/c1-15(16-6-5-7-18(21)14-16)12-13-20(2,3)17-8-10-19(22-4)11-9-17/h5-11,14-15H,12-13H2,1-4H3. The average Bonchev–Trinajstić information content (AvgIpc) is 2.52. The lowest BCUT2D eigenvalue weighted by molar-refractivity contribution is 0.412. The Morgan fingerprint density at radius 1 is 1.09 bits per heavy atom. The van der Waals surface area contributed by atoms with E-state index in [0.29, 0.717) is 5.92 Å². The number of benzene rings is 2. The van der Waals surface area contributed by atoms with E-state index in [1.165, 1.54) is 11.6 Å². The van der Waals surface area contributed by atoms with Gasteiger partial charge >= 0.3 is 0 Å². The van der Waals surface area contributed by atoms with Gasteiger partial charge < -0.3 is 4.74 Å². The normalized spacial score (nSPS) is 13.0. The summed E-state index contributed by atoms with van der Waals surface area (Å²) in [4.78, 5) is 0. The maximum atomic E-state index is 13.3. The Morgan fingerprint density at radius 2 is 1.77 bits per heavy atom. The molecule has 0 aliphatic carbocycles. The molecule has 0 bridgehead atoms. The lowest BCUT2D eigenvalue weighted by atomic mass is 9.78. The van der Waals surface area contributed by atoms with Gasteiger partial charge in [0.15, 0.2) is 0 Å². The molecule has 2 heteroatoms. The lowest BCUT2D eigenvalue weighted by Crippen LogP contribution is -2.18. The van der Waals surface area contributed by atoms with Crippen molar-refractivity contribution in [2.24, 2.45) is 0 Å². The lowest BCUT2D eigenvalue weighted by Gasteiger charge is -2.27. The summed E-state index contributed by atoms with van der Waals surface area (Å²) in [6.45, 7) is 6.68. The van der Waals surface area contributed by atoms with E-state index < -0.39 is 0 Å². The number of rotatable bonds is 6. The molecule has 2 rings (SSSR count). The molecule has 0 saturated heterocycles. The van der Waals surface area contributed by atoms with E-state index in [4.69, 9.17) is 4.74 Å². The van der Waals surface area contributed by atoms with Crippen LogP contribution in [0, 0.1) is 5.82 Å². The Hall–Kier alpha value is -1.83. The number of halogens is 1. The number of hydrogen-bond donors (Lipinski definition) is 0. The second-order valence-corrected chi connectivity index (χ2v) is 6.61. The fourth-order valence-electron chi connectivity index (χ4n) is 2.74. The largest absolute Gasteiger partial charge is 0.497 e. The highest BCUT2D eigenvalue weighted by Gasteiger charge is 2.21. The molecule has 0 aromatic heterocycles. The average molecular weight is 300 g/mol. The maximum absolute atomic E-state index is 13.3. The van der Waals surface area contributed by atoms with Crippen molar-refractivity contribution in [2.45, 2.75) is 44.9 Å². The highest BCUT2D eigenvalue weighted by Crippen LogP contribution is 2.33. The monoisotopic (exact) mass is 300 g/mol. The van der Waals surface area contributed by atoms with E-state index in [-0.39, 0.29) is 11.2 Å². The minimum atomic E-state index is -0.154. The molecule has 2 aromatic carbocycles. The van der Waals surface area contributed by atoms with Crippen LogP contribution in [-0.4, -0.2) is 7.11 Å². The van der Waals surface area contributed by atoms with E-state index in [0.717, 1.165) is 24.2 Å². The zero-order valence-corrected chi connectivity index (χ0v) is 13.9. The number of ether oxygens (including phenoxy) is 1. The van der Waals surface area contributed by atoms with Crippen molar-refractivity contribution < 1.29 is 9.13 Å². The van der Waals surface area contributed by atoms with Crippen LogP contribution in [0.5, 0.6) is 5.75 Å². The first-order valence-corrected chi connectivity index (χ1v) is 7.82. The van der Waals surface area contributed by atoms with Gasteiger partial charge in [-0.1, -0.05) is 45.0 Å². The van der Waals surface area contributed by atoms with Crippen molar-refractivity contribution in [2.75, 3.05) is 7.11 Å². The first-order chi connectivity index (χ1) is 10.4. The molecule has 0 aliphatic heterocycles. The summed E-state index contributed by atoms with van der Waals surface area (Å²) in [5.41, 5.74) is 2.47. The molecular weight excluding hydrogens is 275 g/mol. The summed E-state index contributed by atoms with van der Waals surface area (Å²) in [5.74, 6) is 1.08. The predicted octanol–water partition coefficient (Wildman–Crippen LogP) is 5.70. The number of methoxy groups -OCH3 is 1. The van der Waals surface area contributed by atoms with Crippen molar-refractivity contribution in [3.8, 4) is 5.75 Å². The number of hydrogen-bond acceptors (Lipinski definition) is 1. The van der Waals surface area contributed by atoms with Crippen molar-refractivity contribution in [3.05, 3.63) is 65.5 Å². The molecule has 0 amide bonds. The van der Waals surface area contributed by atoms with Crippen molar-refractivity contribution >= 4 is 0 Å². The molecule has 0 aliphatic rings. The van der Waals surface area contributed by atoms with Crippen LogP contribution in [-0.2, 0) is 5.41 Å². The third-order valence-corrected chi connectivity index (χ3v) is 4.49. The molecule has 0 radical (unpaired) electrons. The van der Waals surface area contributed by atoms with Crippen LogP contribution in [0.2, 0.25) is 0 Å². The summed E-state index contributed by atoms with van der Waals surface area (Å²) in [7, 11) is 1.68. The summed E-state index contributed by atoms with van der Waals surface area (Å²) >= 11 is 0. The Bertz CT molecular complexity index is 601. The molecule has 1 unspecified atom stereocenters. The van der Waals surface area contributed by atoms with Crippen molar-refractivity contribution in [1.82, 2.24) is 0 Å². The second-order valence-electron chi connectivity index (χ2n) is 6.61. The summed E-state index contributed by atoms with van der Waals surface area (Å²) in [6, 6.07) is 15.2. The molecule has 0 saturated carbocycles. The molecule has 118 valence electrons. The van der Waals surface area contributed by atoms with Gasteiger partial charge in [0.25, 0.3) is 0 Å². The molecule has 22 heavy (non-hydrogen) atoms. The van der Waals surface area contributed by atoms with Gasteiger partial charge in [-0.15, -0.1) is 0 Å². The van der Waals surface area contributed by atoms with Gasteiger partial charge in [-0.05, 0) is 59.6 Å². The van der Waals surface area contributed by atoms with Gasteiger partial charge in [-0.3, -0.25) is 0 Å². The Labute approximate surface area is 133 Å². The van der Waals surface area contributed by atoms with E-state index in [9.17, 15) is 4.39 Å². The Kier molecular flexibility index (Phi) is 5.23. The maximum Gasteiger partial charge on any atom is 0.123 e. The zero-order chi connectivity index (χ0) is 16.2. The van der Waals surface area contributed by atoms with Gasteiger partial charge in [0.2, 0.25) is 0 Å². The molecule has 0 N–H and O–H groups in total. The predicted molar refractivity (Wildman–Crippen MR) is 90.1 cm³/mol. The highest BCUT2D eigenvalue weighted by molar-refractivity contribution is 5.31. The van der Waals surface area contributed by atoms with Crippen LogP contribution in [0.3, 0.4) is 0 Å². The molecule has 2 aromatic rings. The van der Waals surface area contributed by atoms with Gasteiger partial charge in [-0.2, -0.15) is 0 Å². The van der Waals surface area contributed by atoms with Crippen molar-refractivity contribution in [1.29, 1.82) is 0 Å². The van der Waals surface area contributed by atoms with E-state index in [1.54, 1.807) is 19.2 Å². The fourth-order valence-corrected chi connectivity index (χ4v) is 2.74. The van der Waals surface area contributed by atoms with E-state index >= 15 is 0 Å². The van der Waals surface area contributed by atoms with Crippen LogP contribution in [0.25, 0.3) is 0 Å². The van der Waals surface area contributed by atoms with Crippen LogP contribution < -0.4 is 4.74 Å². The summed E-state index contributed by atoms with van der Waals surface area (Å²) in [6.07, 6.45) is 2.08. The third-order valence-electron chi connectivity index (χ3n) is 4.49. The zero-order valence-electron chi connectivity index (χ0n) is 13.9. The minimum absolute atomic E-state index is 0.0911. The first-order valence-electron chi connectivity index (χ1n) is 7.82. The van der Waals surface area contributed by atoms with Gasteiger partial charge in [0, 0.05) is 0 Å². The molecule has 0 spiro atoms. The molecule has 0 fully saturated rings. The molecular formula is C20H25FO. The smallest absolute Gasteiger partial charge is 0.123 e. The molecule has 1 nitrogen and oxygen atoms in total. The quantitative estimate of drug-likeness (QED) is 0.665. The van der Waals surface area contributed by atoms with E-state index in [2.05, 4.69) is 32.9 Å². The summed E-state index contributed by atoms with van der Waals surface area (Å²) in [5, 5.41) is 0. The first kappa shape index (κ1) is 16.5. The van der Waals surface area contributed by atoms with Crippen LogP contribution >= 0.6 is 0 Å². The van der Waals surface area contributed by atoms with E-state index in [1.807, 2.05) is 18.2 Å². The minimum Gasteiger partial charge on any atom is -0.497 e.